The Morgan fingerprint density at radius 3 is 2.64 bits per heavy atom. The number of amides is 2. The number of β-amino-alcohol motifs (C(OH)–C–C–N with tert-alkyl or cyclic N) is 1. The van der Waals surface area contributed by atoms with E-state index in [4.69, 9.17) is 9.26 Å². The van der Waals surface area contributed by atoms with E-state index in [-0.39, 0.29) is 48.4 Å². The highest BCUT2D eigenvalue weighted by Crippen LogP contribution is 2.35. The molecule has 308 valence electrons. The van der Waals surface area contributed by atoms with E-state index in [1.165, 1.54) is 4.90 Å². The zero-order chi connectivity index (χ0) is 41.2. The highest BCUT2D eigenvalue weighted by atomic mass is 32.1. The van der Waals surface area contributed by atoms with Gasteiger partial charge >= 0.3 is 0 Å². The van der Waals surface area contributed by atoms with Gasteiger partial charge in [0.05, 0.1) is 33.9 Å². The maximum atomic E-state index is 14.2. The second-order valence-electron chi connectivity index (χ2n) is 16.1. The van der Waals surface area contributed by atoms with Crippen LogP contribution in [0.15, 0.2) is 76.8 Å². The molecule has 59 heavy (non-hydrogen) atoms. The number of piperidine rings is 1. The van der Waals surface area contributed by atoms with E-state index >= 15 is 0 Å². The minimum Gasteiger partial charge on any atom is -0.507 e. The molecule has 0 unspecified atom stereocenters. The van der Waals surface area contributed by atoms with Crippen LogP contribution in [-0.2, 0) is 9.59 Å². The summed E-state index contributed by atoms with van der Waals surface area (Å²) in [6.45, 7) is 10.6. The summed E-state index contributed by atoms with van der Waals surface area (Å²) in [5.41, 5.74) is 7.90. The summed E-state index contributed by atoms with van der Waals surface area (Å²) in [4.78, 5) is 40.6. The number of aliphatic hydroxyl groups excluding tert-OH is 1. The van der Waals surface area contributed by atoms with Crippen molar-refractivity contribution in [1.29, 1.82) is 0 Å². The number of hydrogen-bond acceptors (Lipinski definition) is 12. The number of thiazole rings is 1. The first-order valence-electron chi connectivity index (χ1n) is 20.3. The fourth-order valence-corrected chi connectivity index (χ4v) is 9.20. The van der Waals surface area contributed by atoms with Crippen molar-refractivity contribution in [3.8, 4) is 33.3 Å². The first-order chi connectivity index (χ1) is 28.5. The number of aromatic amines is 1. The molecule has 8 rings (SSSR count). The zero-order valence-electron chi connectivity index (χ0n) is 33.7. The minimum atomic E-state index is -0.828. The van der Waals surface area contributed by atoms with Gasteiger partial charge in [-0.05, 0) is 79.7 Å². The van der Waals surface area contributed by atoms with E-state index < -0.39 is 18.1 Å². The number of aryl methyl sites for hydroxylation is 1. The van der Waals surface area contributed by atoms with Gasteiger partial charge in [0.2, 0.25) is 11.8 Å². The fourth-order valence-electron chi connectivity index (χ4n) is 8.39. The van der Waals surface area contributed by atoms with E-state index in [0.29, 0.717) is 41.7 Å². The van der Waals surface area contributed by atoms with Crippen LogP contribution in [0.25, 0.3) is 32.7 Å². The number of ether oxygens (including phenoxy) is 1. The van der Waals surface area contributed by atoms with Crippen LogP contribution >= 0.6 is 11.3 Å². The lowest BCUT2D eigenvalue weighted by molar-refractivity contribution is -0.141. The van der Waals surface area contributed by atoms with Gasteiger partial charge in [-0.2, -0.15) is 0 Å². The number of benzene rings is 2. The summed E-state index contributed by atoms with van der Waals surface area (Å²) >= 11 is 1.59. The third-order valence-corrected chi connectivity index (χ3v) is 12.5. The second kappa shape index (κ2) is 17.3. The Morgan fingerprint density at radius 2 is 1.88 bits per heavy atom. The lowest BCUT2D eigenvalue weighted by Gasteiger charge is -2.32. The van der Waals surface area contributed by atoms with Crippen LogP contribution in [0, 0.1) is 12.8 Å². The maximum absolute atomic E-state index is 14.2. The number of para-hydroxylation sites is 1. The van der Waals surface area contributed by atoms with Crippen LogP contribution in [0.3, 0.4) is 0 Å². The van der Waals surface area contributed by atoms with Crippen LogP contribution in [-0.4, -0.2) is 102 Å². The van der Waals surface area contributed by atoms with Crippen molar-refractivity contribution in [2.24, 2.45) is 5.92 Å². The standard InChI is InChI=1S/C44H50N8O6S/c1-25(2)40(44(56)52-23-32(53)20-36(52)43(55)46-26(3)28-11-13-29(14-12-28)41-27(4)45-24-59-41)38-21-39(50-58-38)57-17-16-51-15-7-8-30(22-51)34-18-31-19-35(48-49-42(31)47-34)33-9-5-6-10-37(33)54/h5-6,9-14,18-19,21,24-26,30,32,36,40,53-54H,7-8,15-17,20,22-23H2,1-4H3,(H,46,55)(H,47,49)/t26-,30-,32+,36-,40+/m0/s1. The fraction of sp³-hybridized carbons (Fsp3) is 0.409. The normalized spacial score (nSPS) is 19.6. The predicted molar refractivity (Wildman–Crippen MR) is 224 cm³/mol. The van der Waals surface area contributed by atoms with Crippen LogP contribution < -0.4 is 10.1 Å². The van der Waals surface area contributed by atoms with Gasteiger partial charge in [0, 0.05) is 54.7 Å². The molecule has 6 aromatic rings. The van der Waals surface area contributed by atoms with E-state index in [0.717, 1.165) is 58.7 Å². The second-order valence-corrected chi connectivity index (χ2v) is 16.9. The summed E-state index contributed by atoms with van der Waals surface area (Å²) in [5.74, 6) is -0.411. The molecule has 2 aliphatic heterocycles. The number of nitrogens with one attached hydrogen (secondary N) is 2. The Morgan fingerprint density at radius 1 is 1.07 bits per heavy atom. The Hall–Kier alpha value is -5.64. The molecule has 15 heteroatoms. The number of aliphatic hydroxyl groups is 1. The van der Waals surface area contributed by atoms with Gasteiger partial charge in [-0.3, -0.25) is 14.5 Å². The van der Waals surface area contributed by atoms with Gasteiger partial charge in [0.1, 0.15) is 24.3 Å². The Kier molecular flexibility index (Phi) is 11.8. The molecule has 14 nitrogen and oxygen atoms in total. The van der Waals surface area contributed by atoms with Crippen molar-refractivity contribution in [2.45, 2.75) is 77.0 Å². The van der Waals surface area contributed by atoms with Crippen molar-refractivity contribution < 1.29 is 29.1 Å². The van der Waals surface area contributed by atoms with E-state index in [2.05, 4.69) is 41.6 Å². The van der Waals surface area contributed by atoms with Crippen LogP contribution in [0.2, 0.25) is 0 Å². The van der Waals surface area contributed by atoms with Crippen molar-refractivity contribution in [1.82, 2.24) is 40.4 Å². The van der Waals surface area contributed by atoms with Gasteiger partial charge in [-0.15, -0.1) is 21.5 Å². The van der Waals surface area contributed by atoms with Crippen molar-refractivity contribution in [3.63, 3.8) is 0 Å². The van der Waals surface area contributed by atoms with E-state index in [1.807, 2.05) is 75.7 Å². The molecule has 0 saturated carbocycles. The predicted octanol–water partition coefficient (Wildman–Crippen LogP) is 6.59. The molecule has 2 saturated heterocycles. The lowest BCUT2D eigenvalue weighted by Crippen LogP contribution is -2.48. The number of aromatic hydroxyl groups is 1. The molecule has 2 aliphatic rings. The van der Waals surface area contributed by atoms with Gasteiger partial charge in [-0.25, -0.2) is 4.98 Å². The van der Waals surface area contributed by atoms with Gasteiger partial charge in [0.15, 0.2) is 11.4 Å². The molecule has 0 aliphatic carbocycles. The van der Waals surface area contributed by atoms with Crippen molar-refractivity contribution >= 4 is 34.2 Å². The van der Waals surface area contributed by atoms with Crippen LogP contribution in [0.4, 0.5) is 0 Å². The van der Waals surface area contributed by atoms with Crippen molar-refractivity contribution in [2.75, 3.05) is 32.8 Å². The Labute approximate surface area is 346 Å². The molecule has 5 atom stereocenters. The number of carbonyl (C=O) groups is 2. The van der Waals surface area contributed by atoms with Gasteiger partial charge in [0.25, 0.3) is 5.88 Å². The lowest BCUT2D eigenvalue weighted by atomic mass is 9.91. The highest BCUT2D eigenvalue weighted by Gasteiger charge is 2.43. The van der Waals surface area contributed by atoms with Gasteiger partial charge < -0.3 is 34.7 Å². The monoisotopic (exact) mass is 818 g/mol. The molecule has 2 aromatic carbocycles. The first kappa shape index (κ1) is 40.2. The number of fused-ring (bicyclic) bond motifs is 1. The molecule has 2 fully saturated rings. The molecular weight excluding hydrogens is 769 g/mol. The number of carbonyl (C=O) groups excluding carboxylic acids is 2. The molecule has 4 aromatic heterocycles. The summed E-state index contributed by atoms with van der Waals surface area (Å²) in [6, 6.07) is 19.8. The molecule has 0 radical (unpaired) electrons. The number of H-pyrrole nitrogens is 1. The number of rotatable bonds is 13. The van der Waals surface area contributed by atoms with Crippen LogP contribution in [0.1, 0.15) is 80.6 Å². The van der Waals surface area contributed by atoms with Crippen LogP contribution in [0.5, 0.6) is 11.6 Å². The summed E-state index contributed by atoms with van der Waals surface area (Å²) in [5, 5.41) is 37.9. The number of aromatic nitrogens is 5. The zero-order valence-corrected chi connectivity index (χ0v) is 34.5. The van der Waals surface area contributed by atoms with Crippen molar-refractivity contribution in [3.05, 3.63) is 95.0 Å². The van der Waals surface area contributed by atoms with Gasteiger partial charge in [-0.1, -0.05) is 50.2 Å². The number of phenolic OH excluding ortho intramolecular Hbond substituents is 1. The summed E-state index contributed by atoms with van der Waals surface area (Å²) in [7, 11) is 0. The smallest absolute Gasteiger partial charge is 0.254 e. The molecule has 4 N–H and O–H groups in total. The number of hydrogen-bond donors (Lipinski definition) is 4. The summed E-state index contributed by atoms with van der Waals surface area (Å²) < 4.78 is 11.8. The average Bonchev–Trinajstić information content (AvgIpc) is 4.05. The quantitative estimate of drug-likeness (QED) is 0.0987. The average molecular weight is 819 g/mol. The number of likely N-dealkylation sites (tertiary alicyclic amines) is 2. The molecule has 0 bridgehead atoms. The first-order valence-corrected chi connectivity index (χ1v) is 21.2. The maximum Gasteiger partial charge on any atom is 0.254 e. The molecule has 6 heterocycles. The molecular formula is C44H50N8O6S. The Balaban J connectivity index is 0.859. The molecule has 2 amide bonds. The SMILES string of the molecule is Cc1ncsc1-c1ccc([C@H](C)NC(=O)[C@@H]2C[C@@H](O)CN2C(=O)[C@@H](c2cc(OCCN3CCC[C@H](c4cc5cc(-c6ccccc6O)nnc5[nH]4)C3)no2)C(C)C)cc1. The largest absolute Gasteiger partial charge is 0.507 e. The van der Waals surface area contributed by atoms with E-state index in [1.54, 1.807) is 29.5 Å². The van der Waals surface area contributed by atoms with E-state index in [9.17, 15) is 19.8 Å². The third-order valence-electron chi connectivity index (χ3n) is 11.6. The third kappa shape index (κ3) is 8.73. The summed E-state index contributed by atoms with van der Waals surface area (Å²) in [6.07, 6.45) is 1.40. The Bertz CT molecular complexity index is 2410. The topological polar surface area (TPSA) is 183 Å². The number of nitrogens with zero attached hydrogens (tertiary/aromatic N) is 6. The number of phenols is 1. The minimum absolute atomic E-state index is 0.0525. The molecule has 0 spiro atoms. The highest BCUT2D eigenvalue weighted by molar-refractivity contribution is 7.13.